The number of nitrogens with one attached hydrogen (secondary N) is 1. The van der Waals surface area contributed by atoms with Crippen LogP contribution in [0.5, 0.6) is 0 Å². The zero-order valence-corrected chi connectivity index (χ0v) is 8.61. The number of halogens is 2. The van der Waals surface area contributed by atoms with Crippen molar-refractivity contribution in [1.82, 2.24) is 15.0 Å². The molecule has 0 fully saturated rings. The minimum absolute atomic E-state index is 0.388. The van der Waals surface area contributed by atoms with Crippen molar-refractivity contribution in [3.63, 3.8) is 0 Å². The minimum Gasteiger partial charge on any atom is -0.379 e. The average Bonchev–Trinajstić information content (AvgIpc) is 2.59. The van der Waals surface area contributed by atoms with Crippen LogP contribution in [-0.2, 0) is 13.6 Å². The molecule has 2 rings (SSSR count). The second-order valence-corrected chi connectivity index (χ2v) is 3.36. The molecular weight excluding hydrogens is 214 g/mol. The quantitative estimate of drug-likeness (QED) is 0.863. The lowest BCUT2D eigenvalue weighted by atomic mass is 10.3. The molecule has 0 aliphatic heterocycles. The molecule has 0 unspecified atom stereocenters. The molecule has 1 heterocycles. The molecule has 0 amide bonds. The Bertz CT molecular complexity index is 475. The number of hydrogen-bond acceptors (Lipinski definition) is 3. The average molecular weight is 224 g/mol. The fourth-order valence-electron chi connectivity index (χ4n) is 1.32. The number of hydrogen-bond donors (Lipinski definition) is 1. The second-order valence-electron chi connectivity index (χ2n) is 3.36. The lowest BCUT2D eigenvalue weighted by molar-refractivity contribution is 0.584. The van der Waals surface area contributed by atoms with Crippen molar-refractivity contribution < 1.29 is 8.78 Å². The van der Waals surface area contributed by atoms with Crippen molar-refractivity contribution in [3.05, 3.63) is 41.7 Å². The van der Waals surface area contributed by atoms with Crippen LogP contribution in [0.2, 0.25) is 0 Å². The van der Waals surface area contributed by atoms with Crippen LogP contribution in [-0.4, -0.2) is 15.0 Å². The third-order valence-corrected chi connectivity index (χ3v) is 2.14. The summed E-state index contributed by atoms with van der Waals surface area (Å²) in [7, 11) is 1.75. The fourth-order valence-corrected chi connectivity index (χ4v) is 1.32. The number of anilines is 1. The molecule has 84 valence electrons. The maximum atomic E-state index is 12.9. The summed E-state index contributed by atoms with van der Waals surface area (Å²) in [6, 6.07) is 3.29. The number of aromatic nitrogens is 3. The Labute approximate surface area is 90.9 Å². The van der Waals surface area contributed by atoms with Crippen LogP contribution in [0.4, 0.5) is 14.5 Å². The summed E-state index contributed by atoms with van der Waals surface area (Å²) in [6.45, 7) is 0.409. The molecule has 1 aromatic heterocycles. The van der Waals surface area contributed by atoms with Crippen LogP contribution >= 0.6 is 0 Å². The van der Waals surface area contributed by atoms with Gasteiger partial charge in [0.1, 0.15) is 11.6 Å². The number of benzene rings is 1. The topological polar surface area (TPSA) is 42.7 Å². The van der Waals surface area contributed by atoms with Crippen molar-refractivity contribution >= 4 is 5.69 Å². The van der Waals surface area contributed by atoms with E-state index in [4.69, 9.17) is 0 Å². The lowest BCUT2D eigenvalue weighted by Gasteiger charge is -2.06. The van der Waals surface area contributed by atoms with E-state index in [9.17, 15) is 8.78 Å². The van der Waals surface area contributed by atoms with E-state index in [2.05, 4.69) is 15.6 Å². The van der Waals surface area contributed by atoms with E-state index in [0.29, 0.717) is 12.2 Å². The summed E-state index contributed by atoms with van der Waals surface area (Å²) < 4.78 is 27.3. The maximum Gasteiger partial charge on any atom is 0.128 e. The molecule has 2 aromatic rings. The Kier molecular flexibility index (Phi) is 2.80. The lowest BCUT2D eigenvalue weighted by Crippen LogP contribution is -2.05. The van der Waals surface area contributed by atoms with Gasteiger partial charge >= 0.3 is 0 Å². The van der Waals surface area contributed by atoms with Gasteiger partial charge in [-0.3, -0.25) is 4.68 Å². The van der Waals surface area contributed by atoms with Gasteiger partial charge in [0, 0.05) is 18.8 Å². The van der Waals surface area contributed by atoms with E-state index in [1.54, 1.807) is 17.9 Å². The van der Waals surface area contributed by atoms with Crippen molar-refractivity contribution in [3.8, 4) is 0 Å². The molecule has 1 N–H and O–H groups in total. The summed E-state index contributed by atoms with van der Waals surface area (Å²) in [6.07, 6.45) is 1.59. The highest BCUT2D eigenvalue weighted by atomic mass is 19.1. The summed E-state index contributed by atoms with van der Waals surface area (Å²) in [5.74, 6) is -1.21. The highest BCUT2D eigenvalue weighted by molar-refractivity contribution is 5.43. The van der Waals surface area contributed by atoms with Crippen LogP contribution in [0.3, 0.4) is 0 Å². The summed E-state index contributed by atoms with van der Waals surface area (Å²) in [5, 5.41) is 10.3. The van der Waals surface area contributed by atoms with E-state index in [-0.39, 0.29) is 0 Å². The first-order valence-corrected chi connectivity index (χ1v) is 4.68. The molecule has 0 spiro atoms. The zero-order chi connectivity index (χ0) is 11.5. The summed E-state index contributed by atoms with van der Waals surface area (Å²) in [4.78, 5) is 0. The smallest absolute Gasteiger partial charge is 0.128 e. The largest absolute Gasteiger partial charge is 0.379 e. The molecule has 1 aromatic carbocycles. The minimum atomic E-state index is -0.606. The predicted octanol–water partition coefficient (Wildman–Crippen LogP) is 1.71. The number of aryl methyl sites for hydroxylation is 1. The van der Waals surface area contributed by atoms with E-state index >= 15 is 0 Å². The fraction of sp³-hybridized carbons (Fsp3) is 0.200. The van der Waals surface area contributed by atoms with Gasteiger partial charge in [-0.15, -0.1) is 5.10 Å². The normalized spacial score (nSPS) is 10.4. The van der Waals surface area contributed by atoms with Crippen molar-refractivity contribution in [2.75, 3.05) is 5.32 Å². The summed E-state index contributed by atoms with van der Waals surface area (Å²) >= 11 is 0. The van der Waals surface area contributed by atoms with Crippen LogP contribution in [0.1, 0.15) is 5.69 Å². The van der Waals surface area contributed by atoms with Crippen LogP contribution in [0.25, 0.3) is 0 Å². The van der Waals surface area contributed by atoms with Crippen molar-refractivity contribution in [1.29, 1.82) is 0 Å². The molecule has 0 aliphatic rings. The Morgan fingerprint density at radius 2 is 1.94 bits per heavy atom. The van der Waals surface area contributed by atoms with Crippen molar-refractivity contribution in [2.24, 2.45) is 7.05 Å². The first-order chi connectivity index (χ1) is 7.65. The van der Waals surface area contributed by atoms with Gasteiger partial charge in [-0.2, -0.15) is 0 Å². The van der Waals surface area contributed by atoms with Gasteiger partial charge in [0.2, 0.25) is 0 Å². The molecule has 0 bridgehead atoms. The third-order valence-electron chi connectivity index (χ3n) is 2.14. The molecule has 0 radical (unpaired) electrons. The molecule has 0 atom stereocenters. The van der Waals surface area contributed by atoms with Gasteiger partial charge in [0.25, 0.3) is 0 Å². The second kappa shape index (κ2) is 4.26. The third kappa shape index (κ3) is 2.33. The van der Waals surface area contributed by atoms with Crippen LogP contribution < -0.4 is 5.32 Å². The molecule has 16 heavy (non-hydrogen) atoms. The van der Waals surface area contributed by atoms with Crippen molar-refractivity contribution in [2.45, 2.75) is 6.54 Å². The van der Waals surface area contributed by atoms with Gasteiger partial charge in [0.05, 0.1) is 18.4 Å². The molecular formula is C10H10F2N4. The van der Waals surface area contributed by atoms with E-state index in [1.165, 1.54) is 12.1 Å². The Morgan fingerprint density at radius 3 is 2.50 bits per heavy atom. The monoisotopic (exact) mass is 224 g/mol. The van der Waals surface area contributed by atoms with Gasteiger partial charge in [0.15, 0.2) is 0 Å². The van der Waals surface area contributed by atoms with Gasteiger partial charge in [-0.1, -0.05) is 5.21 Å². The number of rotatable bonds is 3. The summed E-state index contributed by atoms with van der Waals surface area (Å²) in [5.41, 5.74) is 1.21. The molecule has 0 saturated heterocycles. The Balaban J connectivity index is 2.07. The first-order valence-electron chi connectivity index (χ1n) is 4.68. The first kappa shape index (κ1) is 10.5. The predicted molar refractivity (Wildman–Crippen MR) is 54.7 cm³/mol. The van der Waals surface area contributed by atoms with E-state index < -0.39 is 11.6 Å². The standard InChI is InChI=1S/C10H10F2N4/c1-16-10(6-14-15-16)5-13-9-3-7(11)2-8(12)4-9/h2-4,6,13H,5H2,1H3. The van der Waals surface area contributed by atoms with E-state index in [1.807, 2.05) is 0 Å². The van der Waals surface area contributed by atoms with Gasteiger partial charge < -0.3 is 5.32 Å². The molecule has 0 saturated carbocycles. The molecule has 6 heteroatoms. The van der Waals surface area contributed by atoms with Gasteiger partial charge in [-0.05, 0) is 12.1 Å². The van der Waals surface area contributed by atoms with Crippen LogP contribution in [0.15, 0.2) is 24.4 Å². The highest BCUT2D eigenvalue weighted by Gasteiger charge is 2.02. The zero-order valence-electron chi connectivity index (χ0n) is 8.61. The Morgan fingerprint density at radius 1 is 1.25 bits per heavy atom. The van der Waals surface area contributed by atoms with E-state index in [0.717, 1.165) is 11.8 Å². The number of nitrogens with zero attached hydrogens (tertiary/aromatic N) is 3. The van der Waals surface area contributed by atoms with Gasteiger partial charge in [-0.25, -0.2) is 8.78 Å². The molecule has 4 nitrogen and oxygen atoms in total. The SMILES string of the molecule is Cn1nncc1CNc1cc(F)cc(F)c1. The Hall–Kier alpha value is -1.98. The maximum absolute atomic E-state index is 12.9. The molecule has 0 aliphatic carbocycles. The van der Waals surface area contributed by atoms with Crippen LogP contribution in [0, 0.1) is 11.6 Å². The highest BCUT2D eigenvalue weighted by Crippen LogP contribution is 2.13.